The maximum Gasteiger partial charge on any atom is 0.273 e. The van der Waals surface area contributed by atoms with E-state index in [1.165, 1.54) is 23.6 Å². The first-order valence-electron chi connectivity index (χ1n) is 12.2. The van der Waals surface area contributed by atoms with Crippen molar-refractivity contribution in [2.45, 2.75) is 21.3 Å². The summed E-state index contributed by atoms with van der Waals surface area (Å²) >= 11 is 2.41. The topological polar surface area (TPSA) is 120 Å². The number of aliphatic hydroxyl groups is 2. The Bertz CT molecular complexity index is 1550. The van der Waals surface area contributed by atoms with E-state index >= 15 is 4.39 Å². The van der Waals surface area contributed by atoms with Gasteiger partial charge in [0.15, 0.2) is 16.6 Å². The molecule has 0 saturated carbocycles. The highest BCUT2D eigenvalue weighted by atomic mass is 32.2. The number of pyridine rings is 2. The number of aromatic nitrogens is 3. The van der Waals surface area contributed by atoms with Crippen LogP contribution in [-0.4, -0.2) is 37.6 Å². The van der Waals surface area contributed by atoms with Crippen molar-refractivity contribution in [3.8, 4) is 0 Å². The van der Waals surface area contributed by atoms with Gasteiger partial charge in [0.25, 0.3) is 5.91 Å². The van der Waals surface area contributed by atoms with E-state index in [-0.39, 0.29) is 23.7 Å². The van der Waals surface area contributed by atoms with E-state index in [9.17, 15) is 9.90 Å². The molecule has 3 aromatic heterocycles. The Morgan fingerprint density at radius 2 is 1.62 bits per heavy atom. The van der Waals surface area contributed by atoms with Crippen LogP contribution in [0.4, 0.5) is 15.3 Å². The van der Waals surface area contributed by atoms with Crippen molar-refractivity contribution in [2.24, 2.45) is 0 Å². The third kappa shape index (κ3) is 6.18. The number of halogens is 1. The molecule has 4 N–H and O–H groups in total. The summed E-state index contributed by atoms with van der Waals surface area (Å²) in [4.78, 5) is 25.8. The quantitative estimate of drug-likeness (QED) is 0.182. The lowest BCUT2D eigenvalue weighted by molar-refractivity contribution is 0.0690. The number of carbonyl (C=O) groups is 1. The predicted molar refractivity (Wildman–Crippen MR) is 152 cm³/mol. The van der Waals surface area contributed by atoms with Gasteiger partial charge in [-0.25, -0.2) is 19.3 Å². The van der Waals surface area contributed by atoms with Crippen molar-refractivity contribution in [3.05, 3.63) is 126 Å². The SMILES string of the molecule is O=C(NCC(O)(c1ccccc1)c1ccccc1)c1nccc(Sc2cnc(Nc3ccc(CO)cn3)s2)c1F. The van der Waals surface area contributed by atoms with Gasteiger partial charge in [0.1, 0.15) is 11.4 Å². The largest absolute Gasteiger partial charge is 0.392 e. The highest BCUT2D eigenvalue weighted by Gasteiger charge is 2.32. The van der Waals surface area contributed by atoms with E-state index in [1.54, 1.807) is 73.1 Å². The fourth-order valence-electron chi connectivity index (χ4n) is 3.93. The molecule has 2 aromatic carbocycles. The highest BCUT2D eigenvalue weighted by Crippen LogP contribution is 2.36. The van der Waals surface area contributed by atoms with Crippen LogP contribution in [0, 0.1) is 5.82 Å². The van der Waals surface area contributed by atoms with E-state index in [2.05, 4.69) is 25.6 Å². The number of carbonyl (C=O) groups excluding carboxylic acids is 1. The van der Waals surface area contributed by atoms with Gasteiger partial charge in [0, 0.05) is 12.4 Å². The molecule has 202 valence electrons. The molecule has 5 aromatic rings. The summed E-state index contributed by atoms with van der Waals surface area (Å²) in [6.07, 6.45) is 4.53. The average molecular weight is 574 g/mol. The molecule has 11 heteroatoms. The van der Waals surface area contributed by atoms with Crippen LogP contribution in [0.3, 0.4) is 0 Å². The summed E-state index contributed by atoms with van der Waals surface area (Å²) < 4.78 is 16.1. The molecule has 40 heavy (non-hydrogen) atoms. The number of nitrogens with one attached hydrogen (secondary N) is 2. The zero-order valence-corrected chi connectivity index (χ0v) is 22.6. The second-order valence-corrected chi connectivity index (χ2v) is 11.0. The Labute approximate surface area is 238 Å². The molecule has 8 nitrogen and oxygen atoms in total. The minimum Gasteiger partial charge on any atom is -0.392 e. The number of amides is 1. The lowest BCUT2D eigenvalue weighted by Crippen LogP contribution is -2.42. The van der Waals surface area contributed by atoms with E-state index in [0.29, 0.717) is 31.8 Å². The fourth-order valence-corrected chi connectivity index (χ4v) is 5.79. The zero-order chi connectivity index (χ0) is 28.0. The smallest absolute Gasteiger partial charge is 0.273 e. The van der Waals surface area contributed by atoms with Crippen LogP contribution in [0.5, 0.6) is 0 Å². The summed E-state index contributed by atoms with van der Waals surface area (Å²) in [5, 5.41) is 27.1. The number of rotatable bonds is 10. The number of anilines is 2. The zero-order valence-electron chi connectivity index (χ0n) is 21.0. The summed E-state index contributed by atoms with van der Waals surface area (Å²) in [5.41, 5.74) is -0.0228. The number of benzene rings is 2. The second-order valence-electron chi connectivity index (χ2n) is 8.67. The van der Waals surface area contributed by atoms with E-state index in [0.717, 1.165) is 11.8 Å². The summed E-state index contributed by atoms with van der Waals surface area (Å²) in [6, 6.07) is 22.9. The standard InChI is InChI=1S/C29H24FN5O3S2/c30-25-22(39-24-16-33-28(40-24)35-23-12-11-19(17-36)15-32-23)13-14-31-26(25)27(37)34-18-29(38,20-7-3-1-4-8-20)21-9-5-2-6-10-21/h1-16,36,38H,17-18H2,(H,34,37)(H,32,33,35). The summed E-state index contributed by atoms with van der Waals surface area (Å²) in [5.74, 6) is -0.949. The minimum absolute atomic E-state index is 0.0935. The van der Waals surface area contributed by atoms with Crippen LogP contribution in [0.2, 0.25) is 0 Å². The average Bonchev–Trinajstić information content (AvgIpc) is 3.44. The Balaban J connectivity index is 1.29. The van der Waals surface area contributed by atoms with E-state index in [4.69, 9.17) is 5.11 Å². The van der Waals surface area contributed by atoms with Crippen molar-refractivity contribution in [1.82, 2.24) is 20.3 Å². The van der Waals surface area contributed by atoms with Crippen molar-refractivity contribution in [2.75, 3.05) is 11.9 Å². The van der Waals surface area contributed by atoms with Gasteiger partial charge in [-0.2, -0.15) is 0 Å². The molecule has 0 aliphatic carbocycles. The van der Waals surface area contributed by atoms with Gasteiger partial charge in [-0.15, -0.1) is 0 Å². The van der Waals surface area contributed by atoms with E-state index in [1.807, 2.05) is 12.1 Å². The highest BCUT2D eigenvalue weighted by molar-refractivity contribution is 8.01. The fraction of sp³-hybridized carbons (Fsp3) is 0.103. The number of thiazole rings is 1. The predicted octanol–water partition coefficient (Wildman–Crippen LogP) is 5.13. The van der Waals surface area contributed by atoms with Crippen LogP contribution in [0.1, 0.15) is 27.2 Å². The Kier molecular flexibility index (Phi) is 8.46. The number of hydrogen-bond acceptors (Lipinski definition) is 9. The van der Waals surface area contributed by atoms with Gasteiger partial charge in [-0.05, 0) is 28.8 Å². The van der Waals surface area contributed by atoms with Crippen molar-refractivity contribution < 1.29 is 19.4 Å². The van der Waals surface area contributed by atoms with E-state index < -0.39 is 17.3 Å². The lowest BCUT2D eigenvalue weighted by atomic mass is 9.86. The molecule has 5 rings (SSSR count). The molecule has 0 atom stereocenters. The van der Waals surface area contributed by atoms with Gasteiger partial charge < -0.3 is 20.8 Å². The third-order valence-electron chi connectivity index (χ3n) is 6.01. The first kappa shape index (κ1) is 27.4. The maximum absolute atomic E-state index is 15.4. The van der Waals surface area contributed by atoms with Gasteiger partial charge >= 0.3 is 0 Å². The maximum atomic E-state index is 15.4. The van der Waals surface area contributed by atoms with Crippen LogP contribution in [0.15, 0.2) is 107 Å². The molecule has 0 bridgehead atoms. The van der Waals surface area contributed by atoms with Crippen LogP contribution < -0.4 is 10.6 Å². The minimum atomic E-state index is -1.53. The van der Waals surface area contributed by atoms with Crippen molar-refractivity contribution in [3.63, 3.8) is 0 Å². The molecule has 0 unspecified atom stereocenters. The van der Waals surface area contributed by atoms with Crippen LogP contribution >= 0.6 is 23.1 Å². The van der Waals surface area contributed by atoms with Crippen LogP contribution in [0.25, 0.3) is 0 Å². The summed E-state index contributed by atoms with van der Waals surface area (Å²) in [7, 11) is 0. The van der Waals surface area contributed by atoms with Gasteiger partial charge in [-0.3, -0.25) is 4.79 Å². The molecular formula is C29H24FN5O3S2. The van der Waals surface area contributed by atoms with Gasteiger partial charge in [-0.1, -0.05) is 89.8 Å². The molecule has 0 spiro atoms. The third-order valence-corrected chi connectivity index (χ3v) is 8.06. The number of hydrogen-bond donors (Lipinski definition) is 4. The first-order valence-corrected chi connectivity index (χ1v) is 13.8. The Morgan fingerprint density at radius 3 is 2.25 bits per heavy atom. The molecule has 0 fully saturated rings. The van der Waals surface area contributed by atoms with Crippen molar-refractivity contribution >= 4 is 40.0 Å². The molecule has 0 radical (unpaired) electrons. The molecule has 0 aliphatic rings. The van der Waals surface area contributed by atoms with Gasteiger partial charge in [0.05, 0.1) is 28.5 Å². The lowest BCUT2D eigenvalue weighted by Gasteiger charge is -2.29. The Hall–Kier alpha value is -4.16. The molecule has 0 saturated heterocycles. The monoisotopic (exact) mass is 573 g/mol. The molecule has 0 aliphatic heterocycles. The molecular weight excluding hydrogens is 549 g/mol. The second kappa shape index (κ2) is 12.3. The number of nitrogens with zero attached hydrogens (tertiary/aromatic N) is 3. The normalized spacial score (nSPS) is 11.3. The van der Waals surface area contributed by atoms with Crippen LogP contribution in [-0.2, 0) is 12.2 Å². The van der Waals surface area contributed by atoms with Gasteiger partial charge in [0.2, 0.25) is 0 Å². The first-order chi connectivity index (χ1) is 19.5. The number of aliphatic hydroxyl groups excluding tert-OH is 1. The molecule has 1 amide bonds. The molecule has 3 heterocycles. The Morgan fingerprint density at radius 1 is 0.925 bits per heavy atom. The van der Waals surface area contributed by atoms with Crippen molar-refractivity contribution in [1.29, 1.82) is 0 Å². The summed E-state index contributed by atoms with van der Waals surface area (Å²) in [6.45, 7) is -0.278.